The van der Waals surface area contributed by atoms with Gasteiger partial charge in [0, 0.05) is 5.41 Å². The molecule has 1 amide bonds. The van der Waals surface area contributed by atoms with E-state index in [1.54, 1.807) is 0 Å². The predicted molar refractivity (Wildman–Crippen MR) is 84.5 cm³/mol. The van der Waals surface area contributed by atoms with Crippen molar-refractivity contribution in [3.8, 4) is 5.75 Å². The molecular formula is C17H26N2O2. The van der Waals surface area contributed by atoms with Gasteiger partial charge in [0.15, 0.2) is 0 Å². The maximum Gasteiger partial charge on any atom is 0.226 e. The van der Waals surface area contributed by atoms with Gasteiger partial charge < -0.3 is 15.4 Å². The Balaban J connectivity index is 1.79. The lowest BCUT2D eigenvalue weighted by Gasteiger charge is -2.33. The van der Waals surface area contributed by atoms with Crippen LogP contribution in [0, 0.1) is 12.3 Å². The lowest BCUT2D eigenvalue weighted by molar-refractivity contribution is -0.132. The van der Waals surface area contributed by atoms with Crippen molar-refractivity contribution in [2.24, 2.45) is 5.41 Å². The van der Waals surface area contributed by atoms with Gasteiger partial charge >= 0.3 is 0 Å². The smallest absolute Gasteiger partial charge is 0.226 e. The second-order valence-electron chi connectivity index (χ2n) is 6.31. The highest BCUT2D eigenvalue weighted by atomic mass is 16.5. The molecule has 2 rings (SSSR count). The van der Waals surface area contributed by atoms with Crippen molar-refractivity contribution in [3.05, 3.63) is 29.8 Å². The van der Waals surface area contributed by atoms with Crippen LogP contribution in [-0.2, 0) is 4.79 Å². The highest BCUT2D eigenvalue weighted by Gasteiger charge is 2.34. The number of rotatable bonds is 5. The fraction of sp³-hybridized carbons (Fsp3) is 0.588. The first-order valence-electron chi connectivity index (χ1n) is 7.71. The normalized spacial score (nSPS) is 18.8. The molecule has 1 fully saturated rings. The number of carbonyl (C=O) groups excluding carboxylic acids is 1. The van der Waals surface area contributed by atoms with Gasteiger partial charge in [0.25, 0.3) is 0 Å². The summed E-state index contributed by atoms with van der Waals surface area (Å²) in [7, 11) is 0. The molecule has 1 saturated heterocycles. The second-order valence-corrected chi connectivity index (χ2v) is 6.31. The number of benzene rings is 1. The molecule has 0 radical (unpaired) electrons. The van der Waals surface area contributed by atoms with Crippen molar-refractivity contribution in [2.75, 3.05) is 19.7 Å². The predicted octanol–water partition coefficient (Wildman–Crippen LogP) is 2.27. The Hall–Kier alpha value is -1.55. The standard InChI is InChI=1S/C17H26N2O2/c1-13-4-6-15(7-5-13)21-12-14(2)19-16(20)17(3)8-10-18-11-9-17/h4-7,14,18H,8-12H2,1-3H3,(H,19,20). The molecule has 1 heterocycles. The minimum atomic E-state index is -0.247. The van der Waals surface area contributed by atoms with Crippen LogP contribution in [0.15, 0.2) is 24.3 Å². The van der Waals surface area contributed by atoms with Gasteiger partial charge in [0.05, 0.1) is 6.04 Å². The third kappa shape index (κ3) is 4.46. The van der Waals surface area contributed by atoms with E-state index in [9.17, 15) is 4.79 Å². The summed E-state index contributed by atoms with van der Waals surface area (Å²) in [4.78, 5) is 12.4. The Morgan fingerprint density at radius 3 is 2.57 bits per heavy atom. The molecular weight excluding hydrogens is 264 g/mol. The molecule has 4 nitrogen and oxygen atoms in total. The molecule has 0 aliphatic carbocycles. The van der Waals surface area contributed by atoms with E-state index in [0.717, 1.165) is 31.7 Å². The minimum absolute atomic E-state index is 0.00511. The van der Waals surface area contributed by atoms with Crippen molar-refractivity contribution in [1.29, 1.82) is 0 Å². The number of amides is 1. The quantitative estimate of drug-likeness (QED) is 0.874. The summed E-state index contributed by atoms with van der Waals surface area (Å²) >= 11 is 0. The van der Waals surface area contributed by atoms with Crippen molar-refractivity contribution in [3.63, 3.8) is 0 Å². The van der Waals surface area contributed by atoms with E-state index in [4.69, 9.17) is 4.74 Å². The lowest BCUT2D eigenvalue weighted by atomic mass is 9.80. The fourth-order valence-electron chi connectivity index (χ4n) is 2.50. The summed E-state index contributed by atoms with van der Waals surface area (Å²) in [5.41, 5.74) is 0.964. The Bertz CT molecular complexity index is 464. The van der Waals surface area contributed by atoms with Crippen LogP contribution in [0.1, 0.15) is 32.3 Å². The fourth-order valence-corrected chi connectivity index (χ4v) is 2.50. The number of piperidine rings is 1. The Morgan fingerprint density at radius 2 is 1.95 bits per heavy atom. The zero-order chi connectivity index (χ0) is 15.3. The average Bonchev–Trinajstić information content (AvgIpc) is 2.47. The number of hydrogen-bond acceptors (Lipinski definition) is 3. The van der Waals surface area contributed by atoms with E-state index in [0.29, 0.717) is 6.61 Å². The highest BCUT2D eigenvalue weighted by molar-refractivity contribution is 5.82. The Morgan fingerprint density at radius 1 is 1.33 bits per heavy atom. The molecule has 1 unspecified atom stereocenters. The SMILES string of the molecule is Cc1ccc(OCC(C)NC(=O)C2(C)CCNCC2)cc1. The number of aryl methyl sites for hydroxylation is 1. The van der Waals surface area contributed by atoms with Gasteiger partial charge in [-0.15, -0.1) is 0 Å². The topological polar surface area (TPSA) is 50.4 Å². The van der Waals surface area contributed by atoms with Gasteiger partial charge in [-0.25, -0.2) is 0 Å². The van der Waals surface area contributed by atoms with E-state index >= 15 is 0 Å². The third-order valence-electron chi connectivity index (χ3n) is 4.15. The Kier molecular flexibility index (Phi) is 5.23. The number of hydrogen-bond donors (Lipinski definition) is 2. The zero-order valence-electron chi connectivity index (χ0n) is 13.2. The summed E-state index contributed by atoms with van der Waals surface area (Å²) in [5, 5.41) is 6.37. The maximum absolute atomic E-state index is 12.4. The van der Waals surface area contributed by atoms with Crippen molar-refractivity contribution in [1.82, 2.24) is 10.6 Å². The summed E-state index contributed by atoms with van der Waals surface area (Å²) in [6.45, 7) is 8.40. The average molecular weight is 290 g/mol. The van der Waals surface area contributed by atoms with Crippen molar-refractivity contribution < 1.29 is 9.53 Å². The number of nitrogens with one attached hydrogen (secondary N) is 2. The molecule has 0 saturated carbocycles. The van der Waals surface area contributed by atoms with Crippen LogP contribution in [0.25, 0.3) is 0 Å². The van der Waals surface area contributed by atoms with Crippen LogP contribution in [0.2, 0.25) is 0 Å². The number of carbonyl (C=O) groups is 1. The maximum atomic E-state index is 12.4. The van der Waals surface area contributed by atoms with Crippen LogP contribution in [-0.4, -0.2) is 31.6 Å². The molecule has 0 aromatic heterocycles. The molecule has 21 heavy (non-hydrogen) atoms. The third-order valence-corrected chi connectivity index (χ3v) is 4.15. The lowest BCUT2D eigenvalue weighted by Crippen LogP contribution is -2.49. The molecule has 1 aliphatic heterocycles. The van der Waals surface area contributed by atoms with Crippen LogP contribution in [0.5, 0.6) is 5.75 Å². The van der Waals surface area contributed by atoms with E-state index in [1.165, 1.54) is 5.56 Å². The van der Waals surface area contributed by atoms with Crippen LogP contribution in [0.3, 0.4) is 0 Å². The van der Waals surface area contributed by atoms with Gasteiger partial charge in [0.1, 0.15) is 12.4 Å². The number of ether oxygens (including phenoxy) is 1. The largest absolute Gasteiger partial charge is 0.491 e. The molecule has 1 atom stereocenters. The molecule has 1 aromatic carbocycles. The molecule has 2 N–H and O–H groups in total. The van der Waals surface area contributed by atoms with Crippen molar-refractivity contribution >= 4 is 5.91 Å². The zero-order valence-corrected chi connectivity index (χ0v) is 13.2. The van der Waals surface area contributed by atoms with Crippen molar-refractivity contribution in [2.45, 2.75) is 39.7 Å². The molecule has 1 aliphatic rings. The first-order valence-corrected chi connectivity index (χ1v) is 7.71. The monoisotopic (exact) mass is 290 g/mol. The van der Waals surface area contributed by atoms with Gasteiger partial charge in [0.2, 0.25) is 5.91 Å². The molecule has 116 valence electrons. The summed E-state index contributed by atoms with van der Waals surface area (Å²) < 4.78 is 5.72. The van der Waals surface area contributed by atoms with Gasteiger partial charge in [-0.1, -0.05) is 24.6 Å². The first-order chi connectivity index (χ1) is 9.99. The Labute approximate surface area is 127 Å². The van der Waals surface area contributed by atoms with E-state index < -0.39 is 0 Å². The van der Waals surface area contributed by atoms with Crippen LogP contribution >= 0.6 is 0 Å². The van der Waals surface area contributed by atoms with E-state index in [1.807, 2.05) is 38.1 Å². The molecule has 4 heteroatoms. The second kappa shape index (κ2) is 6.94. The molecule has 0 bridgehead atoms. The van der Waals surface area contributed by atoms with Gasteiger partial charge in [-0.3, -0.25) is 4.79 Å². The molecule has 1 aromatic rings. The van der Waals surface area contributed by atoms with E-state index in [-0.39, 0.29) is 17.4 Å². The van der Waals surface area contributed by atoms with Gasteiger partial charge in [-0.2, -0.15) is 0 Å². The van der Waals surface area contributed by atoms with E-state index in [2.05, 4.69) is 17.6 Å². The van der Waals surface area contributed by atoms with Gasteiger partial charge in [-0.05, 0) is 51.9 Å². The minimum Gasteiger partial charge on any atom is -0.491 e. The van der Waals surface area contributed by atoms with Crippen LogP contribution in [0.4, 0.5) is 0 Å². The first kappa shape index (κ1) is 15.8. The summed E-state index contributed by atoms with van der Waals surface area (Å²) in [6, 6.07) is 7.96. The highest BCUT2D eigenvalue weighted by Crippen LogP contribution is 2.28. The summed E-state index contributed by atoms with van der Waals surface area (Å²) in [5.74, 6) is 0.985. The summed E-state index contributed by atoms with van der Waals surface area (Å²) in [6.07, 6.45) is 1.79. The van der Waals surface area contributed by atoms with Crippen LogP contribution < -0.4 is 15.4 Å². The molecule has 0 spiro atoms.